The highest BCUT2D eigenvalue weighted by molar-refractivity contribution is 5.89. The highest BCUT2D eigenvalue weighted by Gasteiger charge is 2.15. The molecule has 2 atom stereocenters. The Bertz CT molecular complexity index is 546. The van der Waals surface area contributed by atoms with Gasteiger partial charge >= 0.3 is 0 Å². The summed E-state index contributed by atoms with van der Waals surface area (Å²) in [4.78, 5) is 0. The molecule has 2 nitrogen and oxygen atoms in total. The molecule has 0 radical (unpaired) electrons. The Kier molecular flexibility index (Phi) is 4.43. The van der Waals surface area contributed by atoms with E-state index in [-0.39, 0.29) is 6.10 Å². The van der Waals surface area contributed by atoms with Gasteiger partial charge in [0.25, 0.3) is 0 Å². The first kappa shape index (κ1) is 13.9. The molecule has 2 aromatic rings. The highest BCUT2D eigenvalue weighted by Crippen LogP contribution is 2.34. The van der Waals surface area contributed by atoms with Crippen LogP contribution in [0.5, 0.6) is 5.75 Å². The molecule has 2 rings (SSSR count). The molecule has 2 unspecified atom stereocenters. The summed E-state index contributed by atoms with van der Waals surface area (Å²) >= 11 is 0. The summed E-state index contributed by atoms with van der Waals surface area (Å²) in [6, 6.07) is 12.1. The van der Waals surface area contributed by atoms with Gasteiger partial charge in [0, 0.05) is 10.9 Å². The van der Waals surface area contributed by atoms with Gasteiger partial charge in [-0.25, -0.2) is 0 Å². The summed E-state index contributed by atoms with van der Waals surface area (Å²) in [5, 5.41) is 12.1. The lowest BCUT2D eigenvalue weighted by Crippen LogP contribution is -2.13. The van der Waals surface area contributed by atoms with Crippen LogP contribution in [-0.2, 0) is 0 Å². The molecule has 0 aliphatic heterocycles. The van der Waals surface area contributed by atoms with E-state index in [1.165, 1.54) is 0 Å². The third kappa shape index (κ3) is 3.07. The molecule has 0 aromatic heterocycles. The summed E-state index contributed by atoms with van der Waals surface area (Å²) in [6.07, 6.45) is 1.75. The maximum atomic E-state index is 9.93. The molecule has 102 valence electrons. The number of fused-ring (bicyclic) bond motifs is 1. The first-order valence-electron chi connectivity index (χ1n) is 6.99. The van der Waals surface area contributed by atoms with Gasteiger partial charge in [-0.2, -0.15) is 0 Å². The molecule has 0 heterocycles. The van der Waals surface area contributed by atoms with Gasteiger partial charge in [-0.05, 0) is 25.7 Å². The van der Waals surface area contributed by atoms with Gasteiger partial charge < -0.3 is 9.84 Å². The molecular weight excluding hydrogens is 236 g/mol. The third-order valence-corrected chi connectivity index (χ3v) is 3.37. The Morgan fingerprint density at radius 2 is 1.84 bits per heavy atom. The second kappa shape index (κ2) is 6.07. The maximum Gasteiger partial charge on any atom is 0.133 e. The van der Waals surface area contributed by atoms with Crippen molar-refractivity contribution in [3.05, 3.63) is 42.0 Å². The van der Waals surface area contributed by atoms with Crippen molar-refractivity contribution < 1.29 is 9.84 Å². The molecule has 0 saturated heterocycles. The van der Waals surface area contributed by atoms with Gasteiger partial charge in [0.2, 0.25) is 0 Å². The average Bonchev–Trinajstić information content (AvgIpc) is 2.39. The minimum absolute atomic E-state index is 0.160. The van der Waals surface area contributed by atoms with Crippen LogP contribution in [-0.4, -0.2) is 11.2 Å². The normalized spacial score (nSPS) is 14.3. The molecule has 0 spiro atoms. The zero-order valence-electron chi connectivity index (χ0n) is 11.9. The van der Waals surface area contributed by atoms with Crippen LogP contribution < -0.4 is 4.74 Å². The summed E-state index contributed by atoms with van der Waals surface area (Å²) in [7, 11) is 0. The topological polar surface area (TPSA) is 29.5 Å². The summed E-state index contributed by atoms with van der Waals surface area (Å²) in [6.45, 7) is 6.01. The molecule has 2 heteroatoms. The van der Waals surface area contributed by atoms with E-state index >= 15 is 0 Å². The zero-order valence-corrected chi connectivity index (χ0v) is 11.9. The Balaban J connectivity index is 2.49. The van der Waals surface area contributed by atoms with Gasteiger partial charge in [-0.15, -0.1) is 0 Å². The fourth-order valence-electron chi connectivity index (χ4n) is 2.39. The van der Waals surface area contributed by atoms with E-state index < -0.39 is 6.10 Å². The number of benzene rings is 2. The molecular formula is C17H22O2. The number of ether oxygens (including phenoxy) is 1. The fourth-order valence-corrected chi connectivity index (χ4v) is 2.39. The van der Waals surface area contributed by atoms with Crippen molar-refractivity contribution in [3.63, 3.8) is 0 Å². The van der Waals surface area contributed by atoms with E-state index in [4.69, 9.17) is 4.74 Å². The zero-order chi connectivity index (χ0) is 13.8. The number of aliphatic hydroxyl groups is 1. The third-order valence-electron chi connectivity index (χ3n) is 3.37. The number of aliphatic hydroxyl groups excluding tert-OH is 1. The number of hydrogen-bond donors (Lipinski definition) is 1. The van der Waals surface area contributed by atoms with Crippen molar-refractivity contribution in [1.29, 1.82) is 0 Å². The maximum absolute atomic E-state index is 9.93. The van der Waals surface area contributed by atoms with Gasteiger partial charge in [-0.1, -0.05) is 49.7 Å². The molecule has 1 N–H and O–H groups in total. The predicted molar refractivity (Wildman–Crippen MR) is 79.6 cm³/mol. The summed E-state index contributed by atoms with van der Waals surface area (Å²) in [5.74, 6) is 0.828. The van der Waals surface area contributed by atoms with E-state index in [1.54, 1.807) is 6.92 Å². The standard InChI is InChI=1S/C17H22O2/c1-4-7-12(2)19-17-15(13(3)18)11-10-14-8-5-6-9-16(14)17/h5-6,8-13,18H,4,7H2,1-3H3. The average molecular weight is 258 g/mol. The Labute approximate surface area is 115 Å². The van der Waals surface area contributed by atoms with Crippen molar-refractivity contribution in [3.8, 4) is 5.75 Å². The van der Waals surface area contributed by atoms with Crippen molar-refractivity contribution >= 4 is 10.8 Å². The van der Waals surface area contributed by atoms with Crippen LogP contribution in [0.25, 0.3) is 10.8 Å². The van der Waals surface area contributed by atoms with E-state index in [0.29, 0.717) is 0 Å². The molecule has 0 aliphatic carbocycles. The molecule has 0 bridgehead atoms. The quantitative estimate of drug-likeness (QED) is 0.858. The second-order valence-corrected chi connectivity index (χ2v) is 5.10. The minimum Gasteiger partial charge on any atom is -0.490 e. The first-order chi connectivity index (χ1) is 9.13. The molecule has 0 aliphatic rings. The van der Waals surface area contributed by atoms with Crippen LogP contribution in [0.4, 0.5) is 0 Å². The number of rotatable bonds is 5. The highest BCUT2D eigenvalue weighted by atomic mass is 16.5. The van der Waals surface area contributed by atoms with E-state index in [1.807, 2.05) is 24.3 Å². The molecule has 19 heavy (non-hydrogen) atoms. The van der Waals surface area contributed by atoms with Crippen LogP contribution in [0, 0.1) is 0 Å². The Morgan fingerprint density at radius 3 is 2.53 bits per heavy atom. The van der Waals surface area contributed by atoms with Gasteiger partial charge in [0.1, 0.15) is 5.75 Å². The minimum atomic E-state index is -0.520. The van der Waals surface area contributed by atoms with Gasteiger partial charge in [0.05, 0.1) is 12.2 Å². The van der Waals surface area contributed by atoms with E-state index in [2.05, 4.69) is 26.0 Å². The molecule has 0 saturated carbocycles. The molecule has 2 aromatic carbocycles. The molecule has 0 fully saturated rings. The van der Waals surface area contributed by atoms with Crippen LogP contribution in [0.2, 0.25) is 0 Å². The van der Waals surface area contributed by atoms with Crippen LogP contribution in [0.3, 0.4) is 0 Å². The van der Waals surface area contributed by atoms with Crippen LogP contribution in [0.15, 0.2) is 36.4 Å². The van der Waals surface area contributed by atoms with Gasteiger partial charge in [0.15, 0.2) is 0 Å². The van der Waals surface area contributed by atoms with Crippen molar-refractivity contribution in [1.82, 2.24) is 0 Å². The second-order valence-electron chi connectivity index (χ2n) is 5.10. The largest absolute Gasteiger partial charge is 0.490 e. The monoisotopic (exact) mass is 258 g/mol. The summed E-state index contributed by atoms with van der Waals surface area (Å²) in [5.41, 5.74) is 0.863. The Hall–Kier alpha value is -1.54. The predicted octanol–water partition coefficient (Wildman–Crippen LogP) is 4.46. The Morgan fingerprint density at radius 1 is 1.11 bits per heavy atom. The van der Waals surface area contributed by atoms with Crippen molar-refractivity contribution in [2.75, 3.05) is 0 Å². The lowest BCUT2D eigenvalue weighted by atomic mass is 10.0. The van der Waals surface area contributed by atoms with Crippen LogP contribution >= 0.6 is 0 Å². The van der Waals surface area contributed by atoms with Crippen molar-refractivity contribution in [2.24, 2.45) is 0 Å². The van der Waals surface area contributed by atoms with E-state index in [0.717, 1.165) is 34.9 Å². The lowest BCUT2D eigenvalue weighted by Gasteiger charge is -2.20. The number of hydrogen-bond acceptors (Lipinski definition) is 2. The summed E-state index contributed by atoms with van der Waals surface area (Å²) < 4.78 is 6.10. The smallest absolute Gasteiger partial charge is 0.133 e. The van der Waals surface area contributed by atoms with Crippen LogP contribution in [0.1, 0.15) is 45.3 Å². The molecule has 0 amide bonds. The van der Waals surface area contributed by atoms with Crippen molar-refractivity contribution in [2.45, 2.75) is 45.8 Å². The van der Waals surface area contributed by atoms with Gasteiger partial charge in [-0.3, -0.25) is 0 Å². The lowest BCUT2D eigenvalue weighted by molar-refractivity contribution is 0.176. The SMILES string of the molecule is CCCC(C)Oc1c(C(C)O)ccc2ccccc12. The van der Waals surface area contributed by atoms with E-state index in [9.17, 15) is 5.11 Å². The fraction of sp³-hybridized carbons (Fsp3) is 0.412. The first-order valence-corrected chi connectivity index (χ1v) is 6.99.